The van der Waals surface area contributed by atoms with E-state index in [2.05, 4.69) is 16.8 Å². The Morgan fingerprint density at radius 1 is 1.06 bits per heavy atom. The Morgan fingerprint density at radius 3 is 2.43 bits per heavy atom. The van der Waals surface area contributed by atoms with Crippen LogP contribution in [-0.4, -0.2) is 74.9 Å². The number of piperazine rings is 1. The van der Waals surface area contributed by atoms with Crippen LogP contribution < -0.4 is 14.9 Å². The maximum atomic E-state index is 13.8. The van der Waals surface area contributed by atoms with E-state index in [1.165, 1.54) is 26.4 Å². The summed E-state index contributed by atoms with van der Waals surface area (Å²) >= 11 is 0. The van der Waals surface area contributed by atoms with Crippen LogP contribution in [-0.2, 0) is 11.3 Å². The second-order valence-corrected chi connectivity index (χ2v) is 8.44. The van der Waals surface area contributed by atoms with Crippen LogP contribution >= 0.6 is 0 Å². The zero-order chi connectivity index (χ0) is 25.1. The van der Waals surface area contributed by atoms with E-state index in [4.69, 9.17) is 18.6 Å². The standard InChI is InChI=1S/C26H30N2O7/c1-5-34-26(31)25-22(16-6-9-20(32-3)21(14-16)33-4)23(30)17-7-8-19(29)18(24(17)35-25)15-28-12-10-27(2)11-13-28/h6-9,14,29H,5,10-13,15H2,1-4H3. The molecule has 0 unspecified atom stereocenters. The molecule has 1 fully saturated rings. The minimum atomic E-state index is -0.759. The first-order valence-electron chi connectivity index (χ1n) is 11.5. The van der Waals surface area contributed by atoms with E-state index < -0.39 is 11.4 Å². The van der Waals surface area contributed by atoms with Gasteiger partial charge in [-0.05, 0) is 43.8 Å². The first-order valence-corrected chi connectivity index (χ1v) is 11.5. The van der Waals surface area contributed by atoms with Gasteiger partial charge in [0.05, 0.1) is 37.3 Å². The SMILES string of the molecule is CCOC(=O)c1oc2c(CN3CCN(C)CC3)c(O)ccc2c(=O)c1-c1ccc(OC)c(OC)c1. The summed E-state index contributed by atoms with van der Waals surface area (Å²) in [5, 5.41) is 10.9. The van der Waals surface area contributed by atoms with Crippen molar-refractivity contribution in [2.75, 3.05) is 54.1 Å². The molecule has 35 heavy (non-hydrogen) atoms. The van der Waals surface area contributed by atoms with Crippen LogP contribution in [0.2, 0.25) is 0 Å². The molecule has 0 spiro atoms. The van der Waals surface area contributed by atoms with E-state index in [1.54, 1.807) is 25.1 Å². The Kier molecular flexibility index (Phi) is 7.28. The molecule has 0 amide bonds. The van der Waals surface area contributed by atoms with Gasteiger partial charge in [-0.25, -0.2) is 4.79 Å². The number of esters is 1. The fourth-order valence-corrected chi connectivity index (χ4v) is 4.28. The molecule has 0 radical (unpaired) electrons. The van der Waals surface area contributed by atoms with Gasteiger partial charge in [-0.3, -0.25) is 9.69 Å². The lowest BCUT2D eigenvalue weighted by Crippen LogP contribution is -2.43. The van der Waals surface area contributed by atoms with Crippen molar-refractivity contribution in [1.82, 2.24) is 9.80 Å². The molecule has 4 rings (SSSR count). The molecule has 1 N–H and O–H groups in total. The summed E-state index contributed by atoms with van der Waals surface area (Å²) < 4.78 is 22.0. The average Bonchev–Trinajstić information content (AvgIpc) is 2.86. The molecule has 0 aliphatic carbocycles. The molecule has 0 saturated carbocycles. The second-order valence-electron chi connectivity index (χ2n) is 8.44. The molecule has 1 aliphatic rings. The van der Waals surface area contributed by atoms with E-state index in [-0.39, 0.29) is 34.6 Å². The summed E-state index contributed by atoms with van der Waals surface area (Å²) in [6, 6.07) is 7.94. The molecule has 2 aromatic carbocycles. The van der Waals surface area contributed by atoms with Crippen LogP contribution in [0, 0.1) is 0 Å². The summed E-state index contributed by atoms with van der Waals surface area (Å²) in [4.78, 5) is 31.1. The van der Waals surface area contributed by atoms with Gasteiger partial charge in [0.15, 0.2) is 11.5 Å². The summed E-state index contributed by atoms with van der Waals surface area (Å²) in [7, 11) is 5.07. The van der Waals surface area contributed by atoms with Crippen molar-refractivity contribution in [3.05, 3.63) is 51.9 Å². The topological polar surface area (TPSA) is 102 Å². The van der Waals surface area contributed by atoms with Gasteiger partial charge in [0, 0.05) is 32.7 Å². The highest BCUT2D eigenvalue weighted by molar-refractivity contribution is 5.98. The van der Waals surface area contributed by atoms with E-state index >= 15 is 0 Å². The van der Waals surface area contributed by atoms with Crippen molar-refractivity contribution in [1.29, 1.82) is 0 Å². The third kappa shape index (κ3) is 4.82. The molecule has 186 valence electrons. The van der Waals surface area contributed by atoms with Crippen molar-refractivity contribution < 1.29 is 28.5 Å². The zero-order valence-corrected chi connectivity index (χ0v) is 20.4. The Labute approximate surface area is 203 Å². The molecule has 1 aromatic heterocycles. The maximum absolute atomic E-state index is 13.8. The largest absolute Gasteiger partial charge is 0.507 e. The molecular formula is C26H30N2O7. The Morgan fingerprint density at radius 2 is 1.77 bits per heavy atom. The summed E-state index contributed by atoms with van der Waals surface area (Å²) in [5.41, 5.74) is 0.735. The van der Waals surface area contributed by atoms with E-state index in [1.807, 2.05) is 0 Å². The Balaban J connectivity index is 1.92. The van der Waals surface area contributed by atoms with E-state index in [0.29, 0.717) is 29.2 Å². The number of carbonyl (C=O) groups is 1. The third-order valence-corrected chi connectivity index (χ3v) is 6.25. The molecule has 9 heteroatoms. The van der Waals surface area contributed by atoms with Gasteiger partial charge in [0.1, 0.15) is 11.3 Å². The highest BCUT2D eigenvalue weighted by atomic mass is 16.5. The monoisotopic (exact) mass is 482 g/mol. The number of phenols is 1. The summed E-state index contributed by atoms with van der Waals surface area (Å²) in [6.07, 6.45) is 0. The van der Waals surface area contributed by atoms with Crippen LogP contribution in [0.1, 0.15) is 23.0 Å². The number of hydrogen-bond acceptors (Lipinski definition) is 9. The number of phenolic OH excluding ortho intramolecular Hbond substituents is 1. The molecule has 3 aromatic rings. The van der Waals surface area contributed by atoms with E-state index in [0.717, 1.165) is 26.2 Å². The molecule has 9 nitrogen and oxygen atoms in total. The number of likely N-dealkylation sites (N-methyl/N-ethyl adjacent to an activating group) is 1. The number of fused-ring (bicyclic) bond motifs is 1. The Hall–Kier alpha value is -3.56. The van der Waals surface area contributed by atoms with Crippen LogP contribution in [0.25, 0.3) is 22.1 Å². The fourth-order valence-electron chi connectivity index (χ4n) is 4.28. The molecular weight excluding hydrogens is 452 g/mol. The zero-order valence-electron chi connectivity index (χ0n) is 20.4. The van der Waals surface area contributed by atoms with Gasteiger partial charge < -0.3 is 28.6 Å². The molecule has 0 bridgehead atoms. The minimum Gasteiger partial charge on any atom is -0.507 e. The maximum Gasteiger partial charge on any atom is 0.375 e. The Bertz CT molecular complexity index is 1290. The number of rotatable bonds is 7. The lowest BCUT2D eigenvalue weighted by Gasteiger charge is -2.32. The van der Waals surface area contributed by atoms with Gasteiger partial charge in [-0.1, -0.05) is 6.07 Å². The van der Waals surface area contributed by atoms with Crippen LogP contribution in [0.3, 0.4) is 0 Å². The smallest absolute Gasteiger partial charge is 0.375 e. The lowest BCUT2D eigenvalue weighted by atomic mass is 9.99. The lowest BCUT2D eigenvalue weighted by molar-refractivity contribution is 0.0492. The number of methoxy groups -OCH3 is 2. The van der Waals surface area contributed by atoms with Gasteiger partial charge in [-0.2, -0.15) is 0 Å². The molecule has 0 atom stereocenters. The number of benzene rings is 2. The summed E-state index contributed by atoms with van der Waals surface area (Å²) in [5.74, 6) is -0.0838. The highest BCUT2D eigenvalue weighted by Crippen LogP contribution is 2.35. The van der Waals surface area contributed by atoms with Gasteiger partial charge >= 0.3 is 5.97 Å². The third-order valence-electron chi connectivity index (χ3n) is 6.25. The number of ether oxygens (including phenoxy) is 3. The number of carbonyl (C=O) groups excluding carboxylic acids is 1. The van der Waals surface area contributed by atoms with Crippen molar-refractivity contribution in [3.8, 4) is 28.4 Å². The highest BCUT2D eigenvalue weighted by Gasteiger charge is 2.27. The first-order chi connectivity index (χ1) is 16.9. The quantitative estimate of drug-likeness (QED) is 0.509. The predicted molar refractivity (Wildman–Crippen MR) is 131 cm³/mol. The number of hydrogen-bond donors (Lipinski definition) is 1. The average molecular weight is 483 g/mol. The van der Waals surface area contributed by atoms with Crippen molar-refractivity contribution in [3.63, 3.8) is 0 Å². The van der Waals surface area contributed by atoms with Crippen LogP contribution in [0.4, 0.5) is 0 Å². The second kappa shape index (κ2) is 10.4. The molecule has 1 saturated heterocycles. The van der Waals surface area contributed by atoms with E-state index in [9.17, 15) is 14.7 Å². The first kappa shape index (κ1) is 24.6. The van der Waals surface area contributed by atoms with Crippen LogP contribution in [0.5, 0.6) is 17.2 Å². The van der Waals surface area contributed by atoms with Gasteiger partial charge in [-0.15, -0.1) is 0 Å². The normalized spacial score (nSPS) is 14.7. The number of aromatic hydroxyl groups is 1. The minimum absolute atomic E-state index is 0.00764. The van der Waals surface area contributed by atoms with Crippen molar-refractivity contribution >= 4 is 16.9 Å². The van der Waals surface area contributed by atoms with Crippen molar-refractivity contribution in [2.45, 2.75) is 13.5 Å². The number of nitrogens with zero attached hydrogens (tertiary/aromatic N) is 2. The van der Waals surface area contributed by atoms with Gasteiger partial charge in [0.25, 0.3) is 0 Å². The molecule has 1 aliphatic heterocycles. The van der Waals surface area contributed by atoms with Crippen LogP contribution in [0.15, 0.2) is 39.5 Å². The molecule has 2 heterocycles. The predicted octanol–water partition coefficient (Wildman–Crippen LogP) is 3.11. The fraction of sp³-hybridized carbons (Fsp3) is 0.385. The van der Waals surface area contributed by atoms with Crippen molar-refractivity contribution in [2.24, 2.45) is 0 Å². The van der Waals surface area contributed by atoms with Gasteiger partial charge in [0.2, 0.25) is 11.2 Å². The summed E-state index contributed by atoms with van der Waals surface area (Å²) in [6.45, 7) is 5.59.